The third-order valence-corrected chi connectivity index (χ3v) is 5.49. The summed E-state index contributed by atoms with van der Waals surface area (Å²) in [7, 11) is 0.776. The van der Waals surface area contributed by atoms with Crippen LogP contribution in [0.1, 0.15) is 26.7 Å². The maximum atomic E-state index is 12.2. The molecule has 1 aromatic carbocycles. The zero-order chi connectivity index (χ0) is 15.9. The highest BCUT2D eigenvalue weighted by atomic mass is 32.2. The van der Waals surface area contributed by atoms with E-state index in [0.29, 0.717) is 0 Å². The van der Waals surface area contributed by atoms with E-state index in [0.717, 1.165) is 49.7 Å². The van der Waals surface area contributed by atoms with Crippen molar-refractivity contribution >= 4 is 10.8 Å². The first-order valence-electron chi connectivity index (χ1n) is 7.98. The number of rotatable bonds is 7. The minimum atomic E-state index is -0.964. The Morgan fingerprint density at radius 1 is 1.32 bits per heavy atom. The summed E-state index contributed by atoms with van der Waals surface area (Å²) in [5, 5.41) is 0.124. The number of ether oxygens (including phenoxy) is 2. The molecule has 1 aromatic rings. The van der Waals surface area contributed by atoms with Crippen LogP contribution in [0, 0.1) is 0 Å². The van der Waals surface area contributed by atoms with Crippen LogP contribution < -0.4 is 4.74 Å². The Bertz CT molecular complexity index is 485. The Kier molecular flexibility index (Phi) is 6.86. The van der Waals surface area contributed by atoms with Gasteiger partial charge < -0.3 is 14.4 Å². The molecular formula is C17H27NO3S. The SMILES string of the molecule is COCCN1CCC(Oc2cccc(S(=O)C(C)C)c2)CC1. The Hall–Kier alpha value is -0.910. The van der Waals surface area contributed by atoms with Crippen LogP contribution in [0.4, 0.5) is 0 Å². The fraction of sp³-hybridized carbons (Fsp3) is 0.647. The second-order valence-corrected chi connectivity index (χ2v) is 7.98. The van der Waals surface area contributed by atoms with Crippen molar-refractivity contribution in [3.05, 3.63) is 24.3 Å². The van der Waals surface area contributed by atoms with Crippen LogP contribution in [0.2, 0.25) is 0 Å². The molecule has 1 fully saturated rings. The molecule has 22 heavy (non-hydrogen) atoms. The molecule has 0 spiro atoms. The smallest absolute Gasteiger partial charge is 0.120 e. The summed E-state index contributed by atoms with van der Waals surface area (Å²) in [6, 6.07) is 7.72. The van der Waals surface area contributed by atoms with E-state index in [1.807, 2.05) is 38.1 Å². The first-order chi connectivity index (χ1) is 10.6. The molecule has 124 valence electrons. The molecule has 1 heterocycles. The van der Waals surface area contributed by atoms with Gasteiger partial charge in [0.2, 0.25) is 0 Å². The normalized spacial score (nSPS) is 18.5. The maximum absolute atomic E-state index is 12.2. The molecule has 1 aliphatic heterocycles. The van der Waals surface area contributed by atoms with Gasteiger partial charge in [0.25, 0.3) is 0 Å². The zero-order valence-electron chi connectivity index (χ0n) is 13.8. The number of likely N-dealkylation sites (tertiary alicyclic amines) is 1. The monoisotopic (exact) mass is 325 g/mol. The number of nitrogens with zero attached hydrogens (tertiary/aromatic N) is 1. The van der Waals surface area contributed by atoms with Crippen molar-refractivity contribution in [1.29, 1.82) is 0 Å². The molecule has 1 aliphatic rings. The second-order valence-electron chi connectivity index (χ2n) is 5.97. The summed E-state index contributed by atoms with van der Waals surface area (Å²) in [5.41, 5.74) is 0. The van der Waals surface area contributed by atoms with Crippen LogP contribution >= 0.6 is 0 Å². The van der Waals surface area contributed by atoms with Crippen LogP contribution in [0.25, 0.3) is 0 Å². The van der Waals surface area contributed by atoms with E-state index in [2.05, 4.69) is 4.90 Å². The number of piperidine rings is 1. The molecule has 0 radical (unpaired) electrons. The highest BCUT2D eigenvalue weighted by Gasteiger charge is 2.20. The fourth-order valence-corrected chi connectivity index (χ4v) is 3.60. The standard InChI is InChI=1S/C17H27NO3S/c1-14(2)22(19)17-6-4-5-16(13-17)21-15-7-9-18(10-8-15)11-12-20-3/h4-6,13-15H,7-12H2,1-3H3. The molecule has 0 N–H and O–H groups in total. The Balaban J connectivity index is 1.87. The summed E-state index contributed by atoms with van der Waals surface area (Å²) >= 11 is 0. The van der Waals surface area contributed by atoms with Gasteiger partial charge in [0.1, 0.15) is 11.9 Å². The lowest BCUT2D eigenvalue weighted by molar-refractivity contribution is 0.0796. The van der Waals surface area contributed by atoms with Crippen molar-refractivity contribution in [1.82, 2.24) is 4.90 Å². The van der Waals surface area contributed by atoms with Gasteiger partial charge in [0.05, 0.1) is 17.4 Å². The molecule has 4 nitrogen and oxygen atoms in total. The van der Waals surface area contributed by atoms with Crippen LogP contribution in [-0.2, 0) is 15.5 Å². The van der Waals surface area contributed by atoms with Gasteiger partial charge in [-0.15, -0.1) is 0 Å². The van der Waals surface area contributed by atoms with Gasteiger partial charge in [-0.1, -0.05) is 19.9 Å². The molecule has 1 unspecified atom stereocenters. The maximum Gasteiger partial charge on any atom is 0.120 e. The topological polar surface area (TPSA) is 38.8 Å². The molecule has 0 bridgehead atoms. The molecule has 0 aliphatic carbocycles. The zero-order valence-corrected chi connectivity index (χ0v) is 14.6. The summed E-state index contributed by atoms with van der Waals surface area (Å²) in [6.45, 7) is 7.82. The number of hydrogen-bond donors (Lipinski definition) is 0. The third-order valence-electron chi connectivity index (χ3n) is 3.91. The van der Waals surface area contributed by atoms with E-state index in [9.17, 15) is 4.21 Å². The predicted octanol–water partition coefficient (Wildman–Crippen LogP) is 2.69. The molecule has 0 aromatic heterocycles. The van der Waals surface area contributed by atoms with Gasteiger partial charge in [-0.05, 0) is 31.0 Å². The highest BCUT2D eigenvalue weighted by molar-refractivity contribution is 7.85. The van der Waals surface area contributed by atoms with E-state index in [-0.39, 0.29) is 11.4 Å². The van der Waals surface area contributed by atoms with Crippen molar-refractivity contribution in [2.24, 2.45) is 0 Å². The molecule has 5 heteroatoms. The fourth-order valence-electron chi connectivity index (χ4n) is 2.61. The van der Waals surface area contributed by atoms with E-state index in [1.54, 1.807) is 7.11 Å². The van der Waals surface area contributed by atoms with Crippen LogP contribution in [0.3, 0.4) is 0 Å². The summed E-state index contributed by atoms with van der Waals surface area (Å²) < 4.78 is 23.4. The average molecular weight is 325 g/mol. The van der Waals surface area contributed by atoms with Crippen molar-refractivity contribution in [2.75, 3.05) is 33.4 Å². The minimum Gasteiger partial charge on any atom is -0.490 e. The molecule has 0 saturated carbocycles. The van der Waals surface area contributed by atoms with E-state index >= 15 is 0 Å². The van der Waals surface area contributed by atoms with Crippen molar-refractivity contribution in [2.45, 2.75) is 42.9 Å². The quantitative estimate of drug-likeness (QED) is 0.773. The highest BCUT2D eigenvalue weighted by Crippen LogP contribution is 2.22. The summed E-state index contributed by atoms with van der Waals surface area (Å²) in [4.78, 5) is 3.26. The largest absolute Gasteiger partial charge is 0.490 e. The molecule has 1 atom stereocenters. The van der Waals surface area contributed by atoms with Crippen LogP contribution in [0.15, 0.2) is 29.2 Å². The second kappa shape index (κ2) is 8.65. The first-order valence-corrected chi connectivity index (χ1v) is 9.20. The van der Waals surface area contributed by atoms with Crippen molar-refractivity contribution in [3.8, 4) is 5.75 Å². The van der Waals surface area contributed by atoms with Crippen LogP contribution in [-0.4, -0.2) is 53.8 Å². The molecule has 2 rings (SSSR count). The number of methoxy groups -OCH3 is 1. The number of benzene rings is 1. The predicted molar refractivity (Wildman–Crippen MR) is 90.0 cm³/mol. The van der Waals surface area contributed by atoms with Crippen molar-refractivity contribution in [3.63, 3.8) is 0 Å². The average Bonchev–Trinajstić information content (AvgIpc) is 2.53. The van der Waals surface area contributed by atoms with Gasteiger partial charge in [0, 0.05) is 36.9 Å². The van der Waals surface area contributed by atoms with Gasteiger partial charge in [0.15, 0.2) is 0 Å². The van der Waals surface area contributed by atoms with Gasteiger partial charge in [-0.3, -0.25) is 4.21 Å². The minimum absolute atomic E-state index is 0.124. The number of hydrogen-bond acceptors (Lipinski definition) is 4. The van der Waals surface area contributed by atoms with Crippen LogP contribution in [0.5, 0.6) is 5.75 Å². The molecule has 0 amide bonds. The Morgan fingerprint density at radius 3 is 2.68 bits per heavy atom. The Morgan fingerprint density at radius 2 is 2.05 bits per heavy atom. The van der Waals surface area contributed by atoms with Gasteiger partial charge in [-0.25, -0.2) is 0 Å². The van der Waals surface area contributed by atoms with Crippen molar-refractivity contribution < 1.29 is 13.7 Å². The van der Waals surface area contributed by atoms with E-state index in [4.69, 9.17) is 9.47 Å². The van der Waals surface area contributed by atoms with Gasteiger partial charge in [-0.2, -0.15) is 0 Å². The lowest BCUT2D eigenvalue weighted by Crippen LogP contribution is -2.39. The first kappa shape index (κ1) is 17.4. The molecule has 1 saturated heterocycles. The summed E-state index contributed by atoms with van der Waals surface area (Å²) in [5.74, 6) is 0.835. The lowest BCUT2D eigenvalue weighted by atomic mass is 10.1. The molecular weight excluding hydrogens is 298 g/mol. The van der Waals surface area contributed by atoms with E-state index in [1.165, 1.54) is 0 Å². The lowest BCUT2D eigenvalue weighted by Gasteiger charge is -2.32. The third kappa shape index (κ3) is 5.07. The summed E-state index contributed by atoms with van der Waals surface area (Å²) in [6.07, 6.45) is 2.31. The van der Waals surface area contributed by atoms with E-state index < -0.39 is 10.8 Å². The van der Waals surface area contributed by atoms with Gasteiger partial charge >= 0.3 is 0 Å². The Labute approximate surface area is 136 Å².